The lowest BCUT2D eigenvalue weighted by Gasteiger charge is -2.17. The summed E-state index contributed by atoms with van der Waals surface area (Å²) in [6.07, 6.45) is 0. The molecule has 4 aromatic rings. The number of ether oxygens (including phenoxy) is 2. The van der Waals surface area contributed by atoms with Crippen LogP contribution in [0, 0.1) is 0 Å². The molecule has 0 aliphatic carbocycles. The lowest BCUT2D eigenvalue weighted by Crippen LogP contribution is -2.33. The van der Waals surface area contributed by atoms with E-state index < -0.39 is 0 Å². The van der Waals surface area contributed by atoms with Crippen molar-refractivity contribution in [3.8, 4) is 11.5 Å². The number of carbonyl (C=O) groups is 1. The number of benzene rings is 3. The molecule has 0 spiro atoms. The molecule has 0 aliphatic rings. The van der Waals surface area contributed by atoms with Crippen LogP contribution in [0.5, 0.6) is 11.5 Å². The Hall–Kier alpha value is -3.80. The molecular formula is C25H25N3O3. The fraction of sp³-hybridized carbons (Fsp3) is 0.200. The quantitative estimate of drug-likeness (QED) is 0.441. The van der Waals surface area contributed by atoms with Gasteiger partial charge in [0.2, 0.25) is 0 Å². The highest BCUT2D eigenvalue weighted by atomic mass is 16.5. The van der Waals surface area contributed by atoms with E-state index in [0.717, 1.165) is 22.6 Å². The number of nitrogens with zero attached hydrogens (tertiary/aromatic N) is 2. The van der Waals surface area contributed by atoms with E-state index in [1.54, 1.807) is 0 Å². The Morgan fingerprint density at radius 2 is 1.52 bits per heavy atom. The molecule has 3 aromatic carbocycles. The summed E-state index contributed by atoms with van der Waals surface area (Å²) in [5, 5.41) is 2.99. The summed E-state index contributed by atoms with van der Waals surface area (Å²) >= 11 is 0. The van der Waals surface area contributed by atoms with Crippen LogP contribution in [0.1, 0.15) is 18.8 Å². The number of nitrogens with one attached hydrogen (secondary N) is 1. The van der Waals surface area contributed by atoms with Gasteiger partial charge >= 0.3 is 0 Å². The van der Waals surface area contributed by atoms with Gasteiger partial charge in [-0.25, -0.2) is 4.98 Å². The molecule has 0 fully saturated rings. The number of fused-ring (bicyclic) bond motifs is 1. The number of imidazole rings is 1. The molecule has 158 valence electrons. The first kappa shape index (κ1) is 20.5. The largest absolute Gasteiger partial charge is 0.492 e. The number of hydrogen-bond donors (Lipinski definition) is 1. The van der Waals surface area contributed by atoms with E-state index >= 15 is 0 Å². The van der Waals surface area contributed by atoms with E-state index in [1.165, 1.54) is 0 Å². The molecular weight excluding hydrogens is 390 g/mol. The van der Waals surface area contributed by atoms with E-state index in [4.69, 9.17) is 14.5 Å². The van der Waals surface area contributed by atoms with Gasteiger partial charge in [0, 0.05) is 0 Å². The first-order chi connectivity index (χ1) is 15.2. The average molecular weight is 415 g/mol. The lowest BCUT2D eigenvalue weighted by molar-refractivity contribution is -0.123. The van der Waals surface area contributed by atoms with Crippen LogP contribution in [0.4, 0.5) is 0 Å². The van der Waals surface area contributed by atoms with Crippen molar-refractivity contribution < 1.29 is 14.3 Å². The average Bonchev–Trinajstić information content (AvgIpc) is 3.18. The SMILES string of the molecule is CC(NC(=O)COc1ccccc1)c1nc2ccccc2n1CCOc1ccccc1. The zero-order chi connectivity index (χ0) is 21.5. The lowest BCUT2D eigenvalue weighted by atomic mass is 10.3. The molecule has 4 rings (SSSR count). The minimum atomic E-state index is -0.281. The van der Waals surface area contributed by atoms with Crippen molar-refractivity contribution in [2.24, 2.45) is 0 Å². The van der Waals surface area contributed by atoms with Crippen LogP contribution >= 0.6 is 0 Å². The van der Waals surface area contributed by atoms with Gasteiger partial charge in [-0.3, -0.25) is 4.79 Å². The maximum atomic E-state index is 12.4. The predicted octanol–water partition coefficient (Wildman–Crippen LogP) is 4.37. The van der Waals surface area contributed by atoms with Crippen LogP contribution in [0.2, 0.25) is 0 Å². The fourth-order valence-corrected chi connectivity index (χ4v) is 3.44. The molecule has 31 heavy (non-hydrogen) atoms. The summed E-state index contributed by atoms with van der Waals surface area (Å²) < 4.78 is 13.5. The highest BCUT2D eigenvalue weighted by Crippen LogP contribution is 2.21. The second-order valence-corrected chi connectivity index (χ2v) is 7.16. The second-order valence-electron chi connectivity index (χ2n) is 7.16. The third kappa shape index (κ3) is 5.22. The first-order valence-electron chi connectivity index (χ1n) is 10.3. The zero-order valence-electron chi connectivity index (χ0n) is 17.4. The molecule has 1 N–H and O–H groups in total. The van der Waals surface area contributed by atoms with Crippen molar-refractivity contribution >= 4 is 16.9 Å². The second kappa shape index (κ2) is 9.80. The van der Waals surface area contributed by atoms with E-state index in [9.17, 15) is 4.79 Å². The summed E-state index contributed by atoms with van der Waals surface area (Å²) in [5.74, 6) is 2.07. The summed E-state index contributed by atoms with van der Waals surface area (Å²) in [6.45, 7) is 2.99. The summed E-state index contributed by atoms with van der Waals surface area (Å²) in [4.78, 5) is 17.2. The van der Waals surface area contributed by atoms with Crippen LogP contribution in [0.3, 0.4) is 0 Å². The molecule has 0 aliphatic heterocycles. The monoisotopic (exact) mass is 415 g/mol. The topological polar surface area (TPSA) is 65.4 Å². The summed E-state index contributed by atoms with van der Waals surface area (Å²) in [6, 6.07) is 26.7. The molecule has 6 nitrogen and oxygen atoms in total. The molecule has 0 bridgehead atoms. The van der Waals surface area contributed by atoms with E-state index in [-0.39, 0.29) is 18.6 Å². The summed E-state index contributed by atoms with van der Waals surface area (Å²) in [5.41, 5.74) is 1.90. The Labute approximate surface area is 181 Å². The van der Waals surface area contributed by atoms with Crippen molar-refractivity contribution in [3.63, 3.8) is 0 Å². The smallest absolute Gasteiger partial charge is 0.258 e. The van der Waals surface area contributed by atoms with Gasteiger partial charge in [0.15, 0.2) is 6.61 Å². The minimum absolute atomic E-state index is 0.0499. The minimum Gasteiger partial charge on any atom is -0.492 e. The van der Waals surface area contributed by atoms with Gasteiger partial charge in [0.25, 0.3) is 5.91 Å². The first-order valence-corrected chi connectivity index (χ1v) is 10.3. The number of aromatic nitrogens is 2. The molecule has 1 heterocycles. The van der Waals surface area contributed by atoms with Gasteiger partial charge in [-0.2, -0.15) is 0 Å². The normalized spacial score (nSPS) is 11.8. The molecule has 1 atom stereocenters. The molecule has 0 saturated heterocycles. The fourth-order valence-electron chi connectivity index (χ4n) is 3.44. The highest BCUT2D eigenvalue weighted by molar-refractivity contribution is 5.79. The highest BCUT2D eigenvalue weighted by Gasteiger charge is 2.18. The van der Waals surface area contributed by atoms with Crippen molar-refractivity contribution in [2.75, 3.05) is 13.2 Å². The van der Waals surface area contributed by atoms with Gasteiger partial charge in [0.1, 0.15) is 23.9 Å². The Morgan fingerprint density at radius 3 is 2.23 bits per heavy atom. The Morgan fingerprint density at radius 1 is 0.903 bits per heavy atom. The summed E-state index contributed by atoms with van der Waals surface area (Å²) in [7, 11) is 0. The number of hydrogen-bond acceptors (Lipinski definition) is 4. The molecule has 1 aromatic heterocycles. The van der Waals surface area contributed by atoms with Gasteiger partial charge in [-0.05, 0) is 43.3 Å². The number of amides is 1. The van der Waals surface area contributed by atoms with E-state index in [0.29, 0.717) is 18.9 Å². The molecule has 6 heteroatoms. The Kier molecular flexibility index (Phi) is 6.47. The maximum absolute atomic E-state index is 12.4. The Balaban J connectivity index is 1.44. The molecule has 1 unspecified atom stereocenters. The van der Waals surface area contributed by atoms with Gasteiger partial charge in [-0.15, -0.1) is 0 Å². The number of carbonyl (C=O) groups excluding carboxylic acids is 1. The van der Waals surface area contributed by atoms with Crippen molar-refractivity contribution in [3.05, 3.63) is 90.8 Å². The van der Waals surface area contributed by atoms with Crippen molar-refractivity contribution in [2.45, 2.75) is 19.5 Å². The van der Waals surface area contributed by atoms with Gasteiger partial charge in [0.05, 0.1) is 23.6 Å². The zero-order valence-corrected chi connectivity index (χ0v) is 17.4. The molecule has 1 amide bonds. The van der Waals surface area contributed by atoms with Crippen LogP contribution in [-0.4, -0.2) is 28.7 Å². The predicted molar refractivity (Wildman–Crippen MR) is 120 cm³/mol. The van der Waals surface area contributed by atoms with Crippen LogP contribution in [0.25, 0.3) is 11.0 Å². The van der Waals surface area contributed by atoms with Crippen LogP contribution in [-0.2, 0) is 11.3 Å². The van der Waals surface area contributed by atoms with Crippen molar-refractivity contribution in [1.29, 1.82) is 0 Å². The Bertz CT molecular complexity index is 1130. The van der Waals surface area contributed by atoms with Crippen molar-refractivity contribution in [1.82, 2.24) is 14.9 Å². The van der Waals surface area contributed by atoms with Gasteiger partial charge < -0.3 is 19.4 Å². The third-order valence-corrected chi connectivity index (χ3v) is 4.89. The number of rotatable bonds is 9. The van der Waals surface area contributed by atoms with E-state index in [2.05, 4.69) is 9.88 Å². The van der Waals surface area contributed by atoms with Crippen LogP contribution in [0.15, 0.2) is 84.9 Å². The number of para-hydroxylation sites is 4. The van der Waals surface area contributed by atoms with E-state index in [1.807, 2.05) is 91.9 Å². The molecule has 0 saturated carbocycles. The maximum Gasteiger partial charge on any atom is 0.258 e. The third-order valence-electron chi connectivity index (χ3n) is 4.89. The van der Waals surface area contributed by atoms with Crippen LogP contribution < -0.4 is 14.8 Å². The standard InChI is InChI=1S/C25H25N3O3/c1-19(26-24(29)18-31-21-12-6-3-7-13-21)25-27-22-14-8-9-15-23(22)28(25)16-17-30-20-10-4-2-5-11-20/h2-15,19H,16-18H2,1H3,(H,26,29). The molecule has 0 radical (unpaired) electrons. The van der Waals surface area contributed by atoms with Gasteiger partial charge in [-0.1, -0.05) is 48.5 Å².